The van der Waals surface area contributed by atoms with E-state index in [4.69, 9.17) is 0 Å². The zero-order valence-corrected chi connectivity index (χ0v) is 13.2. The van der Waals surface area contributed by atoms with E-state index >= 15 is 0 Å². The van der Waals surface area contributed by atoms with Crippen LogP contribution in [0.15, 0.2) is 36.0 Å². The molecule has 1 aromatic carbocycles. The molecule has 5 heteroatoms. The van der Waals surface area contributed by atoms with Gasteiger partial charge in [0.25, 0.3) is 0 Å². The number of Topliss-reactive ketones (excluding diaryl/α,β-unsaturated/α-hetero) is 1. The Kier molecular flexibility index (Phi) is 6.59. The molecule has 0 aliphatic heterocycles. The number of likely N-dealkylation sites (N-methyl/N-ethyl adjacent to an activating group) is 1. The first-order valence-corrected chi connectivity index (χ1v) is 7.14. The Labute approximate surface area is 131 Å². The Balaban J connectivity index is 0.00000220. The molecular formula is C16H21ClN2O2. The van der Waals surface area contributed by atoms with Gasteiger partial charge in [0.1, 0.15) is 0 Å². The number of hydrogen-bond acceptors (Lipinski definition) is 3. The number of fused-ring (bicyclic) bond motifs is 1. The Bertz CT molecular complexity index is 551. The summed E-state index contributed by atoms with van der Waals surface area (Å²) in [4.78, 5) is 25.7. The summed E-state index contributed by atoms with van der Waals surface area (Å²) in [6, 6.07) is 6.97. The molecule has 0 fully saturated rings. The molecule has 0 spiro atoms. The number of hydrogen-bond donors (Lipinski definition) is 2. The average Bonchev–Trinajstić information content (AvgIpc) is 2.48. The smallest absolute Gasteiger partial charge is 0.209 e. The summed E-state index contributed by atoms with van der Waals surface area (Å²) in [6.07, 6.45) is 1.42. The van der Waals surface area contributed by atoms with Crippen molar-refractivity contribution in [2.75, 3.05) is 26.2 Å². The Morgan fingerprint density at radius 1 is 1.05 bits per heavy atom. The van der Waals surface area contributed by atoms with Gasteiger partial charge in [-0.1, -0.05) is 24.3 Å². The highest BCUT2D eigenvalue weighted by Gasteiger charge is 2.24. The van der Waals surface area contributed by atoms with Gasteiger partial charge in [0.15, 0.2) is 5.78 Å². The van der Waals surface area contributed by atoms with Gasteiger partial charge in [-0.05, 0) is 13.8 Å². The highest BCUT2D eigenvalue weighted by molar-refractivity contribution is 6.24. The van der Waals surface area contributed by atoms with Crippen LogP contribution < -0.4 is 22.6 Å². The summed E-state index contributed by atoms with van der Waals surface area (Å²) in [6.45, 7) is 8.05. The molecule has 1 aromatic rings. The number of nitrogens with one attached hydrogen (secondary N) is 2. The lowest BCUT2D eigenvalue weighted by Crippen LogP contribution is -3.12. The van der Waals surface area contributed by atoms with Gasteiger partial charge in [0.05, 0.1) is 31.9 Å². The molecule has 0 bridgehead atoms. The van der Waals surface area contributed by atoms with Crippen LogP contribution in [0.1, 0.15) is 34.6 Å². The first-order valence-electron chi connectivity index (χ1n) is 7.14. The second-order valence-corrected chi connectivity index (χ2v) is 4.93. The fourth-order valence-electron chi connectivity index (χ4n) is 2.42. The van der Waals surface area contributed by atoms with E-state index in [1.807, 2.05) is 0 Å². The average molecular weight is 309 g/mol. The third kappa shape index (κ3) is 3.93. The van der Waals surface area contributed by atoms with Crippen molar-refractivity contribution >= 4 is 11.6 Å². The molecule has 1 aliphatic carbocycles. The number of carbonyl (C=O) groups excluding carboxylic acids is 2. The molecule has 0 saturated heterocycles. The topological polar surface area (TPSA) is 50.6 Å². The number of quaternary nitrogens is 1. The quantitative estimate of drug-likeness (QED) is 0.609. The van der Waals surface area contributed by atoms with Gasteiger partial charge in [-0.3, -0.25) is 9.59 Å². The molecule has 0 saturated carbocycles. The maximum Gasteiger partial charge on any atom is 0.209 e. The molecule has 21 heavy (non-hydrogen) atoms. The van der Waals surface area contributed by atoms with E-state index in [0.717, 1.165) is 19.6 Å². The molecule has 2 rings (SSSR count). The lowest BCUT2D eigenvalue weighted by atomic mass is 9.93. The number of halogens is 1. The monoisotopic (exact) mass is 308 g/mol. The van der Waals surface area contributed by atoms with E-state index in [-0.39, 0.29) is 24.0 Å². The van der Waals surface area contributed by atoms with E-state index in [0.29, 0.717) is 23.4 Å². The van der Waals surface area contributed by atoms with Crippen molar-refractivity contribution in [3.8, 4) is 0 Å². The maximum atomic E-state index is 12.3. The number of carbonyl (C=O) groups is 2. The summed E-state index contributed by atoms with van der Waals surface area (Å²) in [5.74, 6) is -0.187. The molecule has 2 N–H and O–H groups in total. The van der Waals surface area contributed by atoms with Crippen molar-refractivity contribution < 1.29 is 26.9 Å². The zero-order valence-electron chi connectivity index (χ0n) is 12.4. The molecule has 1 aliphatic rings. The largest absolute Gasteiger partial charge is 1.00 e. The minimum atomic E-state index is -0.0992. The van der Waals surface area contributed by atoms with Crippen LogP contribution in [0.2, 0.25) is 0 Å². The third-order valence-electron chi connectivity index (χ3n) is 3.75. The van der Waals surface area contributed by atoms with Crippen LogP contribution in [0.4, 0.5) is 0 Å². The van der Waals surface area contributed by atoms with Crippen LogP contribution in [0.25, 0.3) is 0 Å². The van der Waals surface area contributed by atoms with Crippen LogP contribution in [-0.2, 0) is 0 Å². The molecule has 4 nitrogen and oxygen atoms in total. The first-order chi connectivity index (χ1) is 9.67. The fraction of sp³-hybridized carbons (Fsp3) is 0.375. The molecule has 0 radical (unpaired) electrons. The highest BCUT2D eigenvalue weighted by atomic mass is 35.5. The number of rotatable bonds is 6. The van der Waals surface area contributed by atoms with Crippen molar-refractivity contribution in [1.29, 1.82) is 0 Å². The normalized spacial score (nSPS) is 13.6. The molecule has 114 valence electrons. The lowest BCUT2D eigenvalue weighted by molar-refractivity contribution is -0.895. The Hall–Kier alpha value is -1.65. The third-order valence-corrected chi connectivity index (χ3v) is 3.75. The van der Waals surface area contributed by atoms with E-state index < -0.39 is 0 Å². The second kappa shape index (κ2) is 7.96. The summed E-state index contributed by atoms with van der Waals surface area (Å²) in [5.41, 5.74) is 1.41. The van der Waals surface area contributed by atoms with E-state index in [1.165, 1.54) is 11.0 Å². The van der Waals surface area contributed by atoms with E-state index in [2.05, 4.69) is 19.2 Å². The predicted molar refractivity (Wildman–Crippen MR) is 78.1 cm³/mol. The van der Waals surface area contributed by atoms with Gasteiger partial charge in [0.2, 0.25) is 5.78 Å². The molecule has 0 amide bonds. The number of benzene rings is 1. The SMILES string of the molecule is CC[NH+](CC)CCNC1=CC(=O)c2ccccc2C1=O.[Cl-]. The van der Waals surface area contributed by atoms with Crippen molar-refractivity contribution in [2.24, 2.45) is 0 Å². The molecule has 0 aromatic heterocycles. The second-order valence-electron chi connectivity index (χ2n) is 4.93. The van der Waals surface area contributed by atoms with Crippen LogP contribution in [0.5, 0.6) is 0 Å². The number of ketones is 2. The Morgan fingerprint density at radius 3 is 2.29 bits per heavy atom. The van der Waals surface area contributed by atoms with Gasteiger partial charge >= 0.3 is 0 Å². The molecule has 0 unspecified atom stereocenters. The first kappa shape index (κ1) is 17.4. The standard InChI is InChI=1S/C16H20N2O2.ClH/c1-3-18(4-2)10-9-17-14-11-15(19)12-7-5-6-8-13(12)16(14)20;/h5-8,11,17H,3-4,9-10H2,1-2H3;1H. The van der Waals surface area contributed by atoms with Gasteiger partial charge in [-0.2, -0.15) is 0 Å². The Morgan fingerprint density at radius 2 is 1.67 bits per heavy atom. The lowest BCUT2D eigenvalue weighted by Gasteiger charge is -2.19. The summed E-state index contributed by atoms with van der Waals surface area (Å²) in [5, 5.41) is 3.11. The van der Waals surface area contributed by atoms with Crippen LogP contribution in [0, 0.1) is 0 Å². The minimum absolute atomic E-state index is 0. The summed E-state index contributed by atoms with van der Waals surface area (Å²) >= 11 is 0. The van der Waals surface area contributed by atoms with E-state index in [9.17, 15) is 9.59 Å². The fourth-order valence-corrected chi connectivity index (χ4v) is 2.42. The van der Waals surface area contributed by atoms with Crippen molar-refractivity contribution in [2.45, 2.75) is 13.8 Å². The predicted octanol–water partition coefficient (Wildman–Crippen LogP) is -2.53. The number of allylic oxidation sites excluding steroid dienone is 2. The van der Waals surface area contributed by atoms with Crippen molar-refractivity contribution in [3.05, 3.63) is 47.2 Å². The minimum Gasteiger partial charge on any atom is -1.00 e. The highest BCUT2D eigenvalue weighted by Crippen LogP contribution is 2.19. The summed E-state index contributed by atoms with van der Waals surface area (Å²) < 4.78 is 0. The van der Waals surface area contributed by atoms with Crippen molar-refractivity contribution in [3.63, 3.8) is 0 Å². The van der Waals surface area contributed by atoms with E-state index in [1.54, 1.807) is 24.3 Å². The maximum absolute atomic E-state index is 12.3. The van der Waals surface area contributed by atoms with Gasteiger partial charge < -0.3 is 22.6 Å². The van der Waals surface area contributed by atoms with Gasteiger partial charge in [-0.25, -0.2) is 0 Å². The molecular weight excluding hydrogens is 288 g/mol. The van der Waals surface area contributed by atoms with Gasteiger partial charge in [-0.15, -0.1) is 0 Å². The summed E-state index contributed by atoms with van der Waals surface area (Å²) in [7, 11) is 0. The van der Waals surface area contributed by atoms with Gasteiger partial charge in [0, 0.05) is 17.2 Å². The molecule has 0 atom stereocenters. The zero-order chi connectivity index (χ0) is 14.5. The molecule has 0 heterocycles. The van der Waals surface area contributed by atoms with Crippen LogP contribution in [-0.4, -0.2) is 37.7 Å². The van der Waals surface area contributed by atoms with Crippen molar-refractivity contribution in [1.82, 2.24) is 5.32 Å². The van der Waals surface area contributed by atoms with Crippen LogP contribution in [0.3, 0.4) is 0 Å². The van der Waals surface area contributed by atoms with Crippen LogP contribution >= 0.6 is 0 Å².